The van der Waals surface area contributed by atoms with Crippen LogP contribution in [0.3, 0.4) is 0 Å². The van der Waals surface area contributed by atoms with Crippen LogP contribution in [0.5, 0.6) is 0 Å². The second kappa shape index (κ2) is 9.40. The molecular weight excluding hydrogens is 329 g/mol. The molecule has 24 heavy (non-hydrogen) atoms. The maximum absolute atomic E-state index is 13.6. The Morgan fingerprint density at radius 1 is 1.21 bits per heavy atom. The predicted octanol–water partition coefficient (Wildman–Crippen LogP) is 4.31. The van der Waals surface area contributed by atoms with Gasteiger partial charge in [-0.3, -0.25) is 4.79 Å². The summed E-state index contributed by atoms with van der Waals surface area (Å²) in [4.78, 5) is 11.9. The summed E-state index contributed by atoms with van der Waals surface area (Å²) in [6.45, 7) is 3.01. The largest absolute Gasteiger partial charge is 0.374 e. The van der Waals surface area contributed by atoms with Crippen molar-refractivity contribution in [3.05, 3.63) is 70.5 Å². The minimum atomic E-state index is -0.460. The van der Waals surface area contributed by atoms with E-state index in [-0.39, 0.29) is 29.0 Å². The molecule has 0 saturated heterocycles. The number of benzene rings is 2. The topological polar surface area (TPSA) is 38.3 Å². The van der Waals surface area contributed by atoms with Crippen LogP contribution < -0.4 is 5.32 Å². The lowest BCUT2D eigenvalue weighted by Crippen LogP contribution is -2.27. The van der Waals surface area contributed by atoms with E-state index < -0.39 is 5.82 Å². The zero-order valence-electron chi connectivity index (χ0n) is 13.6. The molecule has 0 aliphatic rings. The zero-order chi connectivity index (χ0) is 17.4. The highest BCUT2D eigenvalue weighted by molar-refractivity contribution is 6.31. The first-order valence-electron chi connectivity index (χ1n) is 7.94. The lowest BCUT2D eigenvalue weighted by Gasteiger charge is -2.13. The number of rotatable bonds is 8. The number of carbonyl (C=O) groups excluding carboxylic acids is 1. The van der Waals surface area contributed by atoms with Crippen LogP contribution in [-0.2, 0) is 16.0 Å². The molecule has 5 heteroatoms. The van der Waals surface area contributed by atoms with Gasteiger partial charge in [0.15, 0.2) is 0 Å². The summed E-state index contributed by atoms with van der Waals surface area (Å²) in [5, 5.41) is 3.02. The first kappa shape index (κ1) is 18.4. The van der Waals surface area contributed by atoms with E-state index in [4.69, 9.17) is 16.3 Å². The molecule has 0 fully saturated rings. The summed E-state index contributed by atoms with van der Waals surface area (Å²) in [5.41, 5.74) is 1.35. The van der Waals surface area contributed by atoms with Crippen molar-refractivity contribution in [3.63, 3.8) is 0 Å². The van der Waals surface area contributed by atoms with Crippen molar-refractivity contribution in [1.29, 1.82) is 0 Å². The number of amides is 1. The van der Waals surface area contributed by atoms with Gasteiger partial charge in [0, 0.05) is 23.7 Å². The summed E-state index contributed by atoms with van der Waals surface area (Å²) >= 11 is 5.91. The number of nitrogens with one attached hydrogen (secondary N) is 1. The van der Waals surface area contributed by atoms with Gasteiger partial charge in [0.05, 0.1) is 12.5 Å². The second-order valence-corrected chi connectivity index (χ2v) is 5.91. The van der Waals surface area contributed by atoms with E-state index >= 15 is 0 Å². The standard InChI is InChI=1S/C19H21ClFNO2/c1-14(15-7-3-2-4-8-15)24-12-6-11-22-19(23)13-16-17(20)9-5-10-18(16)21/h2-5,7-10,14H,6,11-13H2,1H3,(H,22,23). The fourth-order valence-corrected chi connectivity index (χ4v) is 2.53. The fraction of sp³-hybridized carbons (Fsp3) is 0.316. The van der Waals surface area contributed by atoms with Crippen molar-refractivity contribution >= 4 is 17.5 Å². The highest BCUT2D eigenvalue weighted by Gasteiger charge is 2.11. The maximum atomic E-state index is 13.6. The molecule has 0 spiro atoms. The van der Waals surface area contributed by atoms with Crippen LogP contribution in [0.15, 0.2) is 48.5 Å². The Balaban J connectivity index is 1.66. The summed E-state index contributed by atoms with van der Waals surface area (Å²) in [7, 11) is 0. The molecule has 3 nitrogen and oxygen atoms in total. The van der Waals surface area contributed by atoms with E-state index in [2.05, 4.69) is 5.32 Å². The van der Waals surface area contributed by atoms with Crippen molar-refractivity contribution in [1.82, 2.24) is 5.32 Å². The SMILES string of the molecule is CC(OCCCNC(=O)Cc1c(F)cccc1Cl)c1ccccc1. The Kier molecular flexibility index (Phi) is 7.22. The Morgan fingerprint density at radius 2 is 1.96 bits per heavy atom. The second-order valence-electron chi connectivity index (χ2n) is 5.50. The van der Waals surface area contributed by atoms with E-state index in [9.17, 15) is 9.18 Å². The fourth-order valence-electron chi connectivity index (χ4n) is 2.30. The van der Waals surface area contributed by atoms with E-state index in [1.807, 2.05) is 37.3 Å². The molecule has 0 heterocycles. The van der Waals surface area contributed by atoms with Crippen LogP contribution in [-0.4, -0.2) is 19.1 Å². The third-order valence-electron chi connectivity index (χ3n) is 3.68. The summed E-state index contributed by atoms with van der Waals surface area (Å²) < 4.78 is 19.4. The predicted molar refractivity (Wildman–Crippen MR) is 93.5 cm³/mol. The molecule has 2 aromatic rings. The molecule has 0 aliphatic carbocycles. The third-order valence-corrected chi connectivity index (χ3v) is 4.03. The molecule has 128 valence electrons. The van der Waals surface area contributed by atoms with Crippen LogP contribution >= 0.6 is 11.6 Å². The lowest BCUT2D eigenvalue weighted by atomic mass is 10.1. The van der Waals surface area contributed by atoms with Crippen molar-refractivity contribution < 1.29 is 13.9 Å². The van der Waals surface area contributed by atoms with Crippen LogP contribution in [0.2, 0.25) is 5.02 Å². The van der Waals surface area contributed by atoms with Gasteiger partial charge in [0.1, 0.15) is 5.82 Å². The van der Waals surface area contributed by atoms with Crippen LogP contribution in [0.4, 0.5) is 4.39 Å². The van der Waals surface area contributed by atoms with Gasteiger partial charge in [-0.1, -0.05) is 48.0 Å². The smallest absolute Gasteiger partial charge is 0.224 e. The Bertz CT molecular complexity index is 643. The monoisotopic (exact) mass is 349 g/mol. The van der Waals surface area contributed by atoms with Gasteiger partial charge in [-0.2, -0.15) is 0 Å². The van der Waals surface area contributed by atoms with Gasteiger partial charge in [-0.05, 0) is 31.0 Å². The molecule has 1 atom stereocenters. The van der Waals surface area contributed by atoms with Gasteiger partial charge < -0.3 is 10.1 Å². The molecule has 0 saturated carbocycles. The number of halogens is 2. The van der Waals surface area contributed by atoms with E-state index in [1.54, 1.807) is 6.07 Å². The van der Waals surface area contributed by atoms with Crippen LogP contribution in [0.25, 0.3) is 0 Å². The number of ether oxygens (including phenoxy) is 1. The van der Waals surface area contributed by atoms with Crippen molar-refractivity contribution in [2.24, 2.45) is 0 Å². The normalized spacial score (nSPS) is 12.0. The van der Waals surface area contributed by atoms with Crippen LogP contribution in [0.1, 0.15) is 30.6 Å². The Hall–Kier alpha value is -1.91. The molecule has 0 aliphatic heterocycles. The van der Waals surface area contributed by atoms with E-state index in [0.717, 1.165) is 5.56 Å². The molecule has 1 amide bonds. The highest BCUT2D eigenvalue weighted by atomic mass is 35.5. The third kappa shape index (κ3) is 5.62. The molecule has 1 N–H and O–H groups in total. The number of hydrogen-bond acceptors (Lipinski definition) is 2. The van der Waals surface area contributed by atoms with Gasteiger partial charge in [-0.25, -0.2) is 4.39 Å². The van der Waals surface area contributed by atoms with Gasteiger partial charge in [0.2, 0.25) is 5.91 Å². The molecule has 0 radical (unpaired) electrons. The number of hydrogen-bond donors (Lipinski definition) is 1. The minimum absolute atomic E-state index is 0.0131. The van der Waals surface area contributed by atoms with Crippen molar-refractivity contribution in [2.45, 2.75) is 25.9 Å². The van der Waals surface area contributed by atoms with Gasteiger partial charge in [-0.15, -0.1) is 0 Å². The van der Waals surface area contributed by atoms with E-state index in [1.165, 1.54) is 12.1 Å². The average molecular weight is 350 g/mol. The minimum Gasteiger partial charge on any atom is -0.374 e. The molecule has 0 bridgehead atoms. The Labute approximate surface area is 146 Å². The zero-order valence-corrected chi connectivity index (χ0v) is 14.4. The summed E-state index contributed by atoms with van der Waals surface area (Å²) in [6, 6.07) is 14.3. The first-order valence-corrected chi connectivity index (χ1v) is 8.32. The maximum Gasteiger partial charge on any atom is 0.224 e. The lowest BCUT2D eigenvalue weighted by molar-refractivity contribution is -0.120. The first-order chi connectivity index (χ1) is 11.6. The Morgan fingerprint density at radius 3 is 2.67 bits per heavy atom. The summed E-state index contributed by atoms with van der Waals surface area (Å²) in [5.74, 6) is -0.712. The molecule has 1 unspecified atom stereocenters. The van der Waals surface area contributed by atoms with E-state index in [0.29, 0.717) is 19.6 Å². The van der Waals surface area contributed by atoms with Gasteiger partial charge >= 0.3 is 0 Å². The molecule has 0 aromatic heterocycles. The quantitative estimate of drug-likeness (QED) is 0.721. The average Bonchev–Trinajstić information content (AvgIpc) is 2.58. The molecular formula is C19H21ClFNO2. The van der Waals surface area contributed by atoms with Crippen molar-refractivity contribution in [3.8, 4) is 0 Å². The highest BCUT2D eigenvalue weighted by Crippen LogP contribution is 2.19. The summed E-state index contributed by atoms with van der Waals surface area (Å²) in [6.07, 6.45) is 0.639. The van der Waals surface area contributed by atoms with Gasteiger partial charge in [0.25, 0.3) is 0 Å². The molecule has 2 rings (SSSR count). The van der Waals surface area contributed by atoms with Crippen molar-refractivity contribution in [2.75, 3.05) is 13.2 Å². The molecule has 2 aromatic carbocycles. The van der Waals surface area contributed by atoms with Crippen LogP contribution in [0, 0.1) is 5.82 Å². The number of carbonyl (C=O) groups is 1.